The topological polar surface area (TPSA) is 60.0 Å². The molecule has 0 aromatic carbocycles. The lowest BCUT2D eigenvalue weighted by atomic mass is 9.90. The number of likely N-dealkylation sites (tertiary alicyclic amines) is 1. The molecule has 2 aliphatic rings. The zero-order chi connectivity index (χ0) is 17.2. The molecule has 0 spiro atoms. The lowest BCUT2D eigenvalue weighted by Crippen LogP contribution is -2.41. The van der Waals surface area contributed by atoms with Crippen molar-refractivity contribution in [2.45, 2.75) is 83.3 Å². The van der Waals surface area contributed by atoms with Crippen molar-refractivity contribution in [2.24, 2.45) is 0 Å². The van der Waals surface area contributed by atoms with Gasteiger partial charge >= 0.3 is 0 Å². The summed E-state index contributed by atoms with van der Waals surface area (Å²) in [6, 6.07) is 3.21. The van der Waals surface area contributed by atoms with E-state index in [-0.39, 0.29) is 0 Å². The van der Waals surface area contributed by atoms with Gasteiger partial charge in [-0.2, -0.15) is 5.10 Å². The van der Waals surface area contributed by atoms with Gasteiger partial charge in [-0.25, -0.2) is 0 Å². The molecule has 1 aliphatic heterocycles. The van der Waals surface area contributed by atoms with Gasteiger partial charge < -0.3 is 4.42 Å². The van der Waals surface area contributed by atoms with Gasteiger partial charge in [0.15, 0.2) is 0 Å². The van der Waals surface area contributed by atoms with Crippen LogP contribution in [0.2, 0.25) is 0 Å². The number of aromatic nitrogens is 4. The van der Waals surface area contributed by atoms with Crippen LogP contribution in [0, 0.1) is 0 Å². The van der Waals surface area contributed by atoms with Crippen LogP contribution in [0.5, 0.6) is 0 Å². The molecule has 136 valence electrons. The summed E-state index contributed by atoms with van der Waals surface area (Å²) in [5, 5.41) is 13.3. The van der Waals surface area contributed by atoms with Crippen molar-refractivity contribution in [3.05, 3.63) is 29.7 Å². The number of piperidine rings is 1. The molecule has 0 N–H and O–H groups in total. The molecule has 0 radical (unpaired) electrons. The van der Waals surface area contributed by atoms with E-state index < -0.39 is 0 Å². The van der Waals surface area contributed by atoms with E-state index in [1.54, 1.807) is 0 Å². The molecule has 1 saturated heterocycles. The Kier molecular flexibility index (Phi) is 4.88. The van der Waals surface area contributed by atoms with Crippen LogP contribution >= 0.6 is 0 Å². The average molecular weight is 343 g/mol. The Morgan fingerprint density at radius 2 is 2.00 bits per heavy atom. The van der Waals surface area contributed by atoms with Crippen LogP contribution in [0.15, 0.2) is 16.7 Å². The summed E-state index contributed by atoms with van der Waals surface area (Å²) in [6.07, 6.45) is 10.5. The molecule has 1 saturated carbocycles. The largest absolute Gasteiger partial charge is 0.425 e. The minimum Gasteiger partial charge on any atom is -0.425 e. The van der Waals surface area contributed by atoms with Gasteiger partial charge in [-0.05, 0) is 45.2 Å². The van der Waals surface area contributed by atoms with Gasteiger partial charge in [0.2, 0.25) is 11.8 Å². The third kappa shape index (κ3) is 3.50. The maximum absolute atomic E-state index is 5.84. The normalized spacial score (nSPS) is 25.7. The Bertz CT molecular complexity index is 688. The summed E-state index contributed by atoms with van der Waals surface area (Å²) in [7, 11) is 0. The molecule has 2 fully saturated rings. The Hall–Kier alpha value is -1.69. The Balaban J connectivity index is 1.43. The van der Waals surface area contributed by atoms with Gasteiger partial charge in [0.1, 0.15) is 0 Å². The smallest absolute Gasteiger partial charge is 0.221 e. The van der Waals surface area contributed by atoms with E-state index in [0.717, 1.165) is 37.7 Å². The van der Waals surface area contributed by atoms with Crippen molar-refractivity contribution in [1.82, 2.24) is 24.9 Å². The van der Waals surface area contributed by atoms with E-state index in [1.165, 1.54) is 37.8 Å². The minimum atomic E-state index is 0.332. The molecular formula is C19H29N5O. The molecule has 0 unspecified atom stereocenters. The van der Waals surface area contributed by atoms with Crippen LogP contribution in [-0.4, -0.2) is 37.5 Å². The summed E-state index contributed by atoms with van der Waals surface area (Å²) in [4.78, 5) is 2.52. The first-order valence-corrected chi connectivity index (χ1v) is 9.85. The predicted molar refractivity (Wildman–Crippen MR) is 95.3 cm³/mol. The summed E-state index contributed by atoms with van der Waals surface area (Å²) in [6.45, 7) is 6.36. The van der Waals surface area contributed by atoms with E-state index in [0.29, 0.717) is 18.0 Å². The number of rotatable bonds is 5. The lowest BCUT2D eigenvalue weighted by molar-refractivity contribution is 0.117. The molecule has 0 amide bonds. The fraction of sp³-hybridized carbons (Fsp3) is 0.737. The molecule has 2 aromatic heterocycles. The molecule has 25 heavy (non-hydrogen) atoms. The Labute approximate surface area is 149 Å². The van der Waals surface area contributed by atoms with Gasteiger partial charge in [-0.3, -0.25) is 9.58 Å². The third-order valence-corrected chi connectivity index (χ3v) is 5.95. The standard InChI is InChI=1S/C19H29N5O/c1-3-18-20-21-19(25-18)17-9-6-11-23(14(17)2)13-15-10-12-24(22-15)16-7-4-5-8-16/h10,12,14,16-17H,3-9,11,13H2,1-2H3/t14-,17-/m0/s1. The SMILES string of the molecule is CCc1nnc([C@H]2CCCN(Cc3ccn(C4CCCC4)n3)[C@H]2C)o1. The van der Waals surface area contributed by atoms with E-state index in [4.69, 9.17) is 9.52 Å². The first-order chi connectivity index (χ1) is 12.2. The summed E-state index contributed by atoms with van der Waals surface area (Å²) >= 11 is 0. The molecule has 2 atom stereocenters. The molecule has 0 bridgehead atoms. The number of hydrogen-bond donors (Lipinski definition) is 0. The maximum atomic E-state index is 5.84. The monoisotopic (exact) mass is 343 g/mol. The summed E-state index contributed by atoms with van der Waals surface area (Å²) in [5.41, 5.74) is 1.18. The number of aryl methyl sites for hydroxylation is 1. The fourth-order valence-corrected chi connectivity index (χ4v) is 4.37. The summed E-state index contributed by atoms with van der Waals surface area (Å²) in [5.74, 6) is 1.89. The number of hydrogen-bond acceptors (Lipinski definition) is 5. The second-order valence-electron chi connectivity index (χ2n) is 7.57. The van der Waals surface area contributed by atoms with E-state index >= 15 is 0 Å². The molecule has 3 heterocycles. The van der Waals surface area contributed by atoms with Crippen molar-refractivity contribution in [1.29, 1.82) is 0 Å². The first-order valence-electron chi connectivity index (χ1n) is 9.85. The molecule has 2 aromatic rings. The second kappa shape index (κ2) is 7.28. The van der Waals surface area contributed by atoms with Crippen LogP contribution in [0.25, 0.3) is 0 Å². The van der Waals surface area contributed by atoms with Gasteiger partial charge in [0.25, 0.3) is 0 Å². The quantitative estimate of drug-likeness (QED) is 0.828. The Morgan fingerprint density at radius 3 is 2.76 bits per heavy atom. The van der Waals surface area contributed by atoms with Crippen LogP contribution in [0.3, 0.4) is 0 Å². The highest BCUT2D eigenvalue weighted by Gasteiger charge is 2.33. The fourth-order valence-electron chi connectivity index (χ4n) is 4.37. The molecule has 6 heteroatoms. The highest BCUT2D eigenvalue weighted by molar-refractivity contribution is 5.04. The maximum Gasteiger partial charge on any atom is 0.221 e. The molecule has 6 nitrogen and oxygen atoms in total. The second-order valence-corrected chi connectivity index (χ2v) is 7.57. The van der Waals surface area contributed by atoms with Crippen molar-refractivity contribution in [3.63, 3.8) is 0 Å². The van der Waals surface area contributed by atoms with Gasteiger partial charge in [-0.15, -0.1) is 10.2 Å². The minimum absolute atomic E-state index is 0.332. The van der Waals surface area contributed by atoms with Crippen LogP contribution in [0.1, 0.15) is 81.8 Å². The van der Waals surface area contributed by atoms with Crippen molar-refractivity contribution >= 4 is 0 Å². The average Bonchev–Trinajstić information content (AvgIpc) is 3.38. The zero-order valence-electron chi connectivity index (χ0n) is 15.4. The van der Waals surface area contributed by atoms with Crippen LogP contribution in [-0.2, 0) is 13.0 Å². The zero-order valence-corrected chi connectivity index (χ0v) is 15.4. The lowest BCUT2D eigenvalue weighted by Gasteiger charge is -2.37. The van der Waals surface area contributed by atoms with Gasteiger partial charge in [0.05, 0.1) is 17.7 Å². The molecule has 4 rings (SSSR count). The van der Waals surface area contributed by atoms with E-state index in [2.05, 4.69) is 45.9 Å². The van der Waals surface area contributed by atoms with E-state index in [9.17, 15) is 0 Å². The Morgan fingerprint density at radius 1 is 1.16 bits per heavy atom. The van der Waals surface area contributed by atoms with Crippen LogP contribution < -0.4 is 0 Å². The molecular weight excluding hydrogens is 314 g/mol. The highest BCUT2D eigenvalue weighted by Crippen LogP contribution is 2.33. The third-order valence-electron chi connectivity index (χ3n) is 5.95. The van der Waals surface area contributed by atoms with Gasteiger partial charge in [-0.1, -0.05) is 19.8 Å². The van der Waals surface area contributed by atoms with Gasteiger partial charge in [0, 0.05) is 25.2 Å². The number of nitrogens with zero attached hydrogens (tertiary/aromatic N) is 5. The first kappa shape index (κ1) is 16.8. The van der Waals surface area contributed by atoms with Crippen molar-refractivity contribution in [3.8, 4) is 0 Å². The van der Waals surface area contributed by atoms with Crippen molar-refractivity contribution < 1.29 is 4.42 Å². The van der Waals surface area contributed by atoms with E-state index in [1.807, 2.05) is 0 Å². The van der Waals surface area contributed by atoms with Crippen molar-refractivity contribution in [2.75, 3.05) is 6.54 Å². The van der Waals surface area contributed by atoms with Crippen LogP contribution in [0.4, 0.5) is 0 Å². The molecule has 1 aliphatic carbocycles. The summed E-state index contributed by atoms with van der Waals surface area (Å²) < 4.78 is 8.04. The highest BCUT2D eigenvalue weighted by atomic mass is 16.4. The predicted octanol–water partition coefficient (Wildman–Crippen LogP) is 3.71.